The number of aliphatic imine (C=N–C) groups is 1. The monoisotopic (exact) mass is 237 g/mol. The van der Waals surface area contributed by atoms with Crippen LogP contribution in [-0.4, -0.2) is 27.6 Å². The van der Waals surface area contributed by atoms with Gasteiger partial charge in [0.25, 0.3) is 11.8 Å². The third-order valence-corrected chi connectivity index (χ3v) is 3.20. The van der Waals surface area contributed by atoms with E-state index in [-0.39, 0.29) is 11.8 Å². The van der Waals surface area contributed by atoms with Crippen molar-refractivity contribution in [2.24, 2.45) is 4.99 Å². The average molecular weight is 237 g/mol. The second-order valence-electron chi connectivity index (χ2n) is 4.20. The van der Waals surface area contributed by atoms with Crippen molar-refractivity contribution in [1.29, 1.82) is 0 Å². The SMILES string of the molecule is O=C1N=CC(=O)n2c1cc1c3ccccc3[nH]c12. The van der Waals surface area contributed by atoms with Gasteiger partial charge in [-0.25, -0.2) is 4.99 Å². The van der Waals surface area contributed by atoms with Crippen molar-refractivity contribution < 1.29 is 9.59 Å². The van der Waals surface area contributed by atoms with Crippen molar-refractivity contribution in [3.63, 3.8) is 0 Å². The van der Waals surface area contributed by atoms with Crippen LogP contribution in [0.25, 0.3) is 21.9 Å². The first-order chi connectivity index (χ1) is 8.75. The van der Waals surface area contributed by atoms with Crippen LogP contribution in [0.1, 0.15) is 15.3 Å². The van der Waals surface area contributed by atoms with E-state index in [1.165, 1.54) is 4.57 Å². The number of aromatic nitrogens is 2. The quantitative estimate of drug-likeness (QED) is 0.649. The van der Waals surface area contributed by atoms with Crippen LogP contribution in [0.4, 0.5) is 0 Å². The standard InChI is InChI=1S/C13H7N3O2/c17-11-6-14-13(18)10-5-8-7-3-1-2-4-9(7)15-12(8)16(10)11/h1-6,15H. The summed E-state index contributed by atoms with van der Waals surface area (Å²) in [6, 6.07) is 9.45. The van der Waals surface area contributed by atoms with Crippen molar-refractivity contribution in [2.75, 3.05) is 0 Å². The fourth-order valence-corrected chi connectivity index (χ4v) is 2.42. The third kappa shape index (κ3) is 0.982. The van der Waals surface area contributed by atoms with Crippen LogP contribution in [-0.2, 0) is 0 Å². The first-order valence-corrected chi connectivity index (χ1v) is 5.50. The molecule has 0 radical (unpaired) electrons. The molecular formula is C13H7N3O2. The Labute approximate surface area is 101 Å². The number of benzene rings is 1. The van der Waals surface area contributed by atoms with Crippen molar-refractivity contribution in [3.05, 3.63) is 36.0 Å². The van der Waals surface area contributed by atoms with E-state index in [0.717, 1.165) is 22.5 Å². The molecule has 4 rings (SSSR count). The van der Waals surface area contributed by atoms with Crippen LogP contribution in [0.3, 0.4) is 0 Å². The maximum absolute atomic E-state index is 11.8. The highest BCUT2D eigenvalue weighted by Gasteiger charge is 2.24. The molecule has 1 amide bonds. The third-order valence-electron chi connectivity index (χ3n) is 3.20. The van der Waals surface area contributed by atoms with Crippen molar-refractivity contribution in [2.45, 2.75) is 0 Å². The lowest BCUT2D eigenvalue weighted by Gasteiger charge is -2.06. The molecule has 3 aromatic rings. The number of rotatable bonds is 0. The first kappa shape index (κ1) is 9.35. The number of para-hydroxylation sites is 1. The summed E-state index contributed by atoms with van der Waals surface area (Å²) in [4.78, 5) is 30.2. The minimum Gasteiger partial charge on any atom is -0.340 e. The zero-order valence-electron chi connectivity index (χ0n) is 9.18. The Kier molecular flexibility index (Phi) is 1.53. The van der Waals surface area contributed by atoms with Crippen LogP contribution in [0, 0.1) is 0 Å². The molecule has 0 spiro atoms. The number of nitrogens with one attached hydrogen (secondary N) is 1. The number of H-pyrrole nitrogens is 1. The molecule has 0 saturated heterocycles. The van der Waals surface area contributed by atoms with Crippen LogP contribution < -0.4 is 0 Å². The highest BCUT2D eigenvalue weighted by molar-refractivity contribution is 6.35. The Morgan fingerprint density at radius 3 is 2.83 bits per heavy atom. The van der Waals surface area contributed by atoms with Crippen molar-refractivity contribution in [3.8, 4) is 0 Å². The van der Waals surface area contributed by atoms with Gasteiger partial charge in [-0.2, -0.15) is 0 Å². The molecule has 1 aromatic carbocycles. The van der Waals surface area contributed by atoms with E-state index < -0.39 is 0 Å². The van der Waals surface area contributed by atoms with E-state index in [1.807, 2.05) is 24.3 Å². The van der Waals surface area contributed by atoms with Crippen LogP contribution >= 0.6 is 0 Å². The fourth-order valence-electron chi connectivity index (χ4n) is 2.42. The molecule has 0 fully saturated rings. The van der Waals surface area contributed by atoms with Gasteiger partial charge in [-0.15, -0.1) is 0 Å². The predicted molar refractivity (Wildman–Crippen MR) is 67.2 cm³/mol. The number of aromatic amines is 1. The molecule has 3 heterocycles. The van der Waals surface area contributed by atoms with Crippen LogP contribution in [0.5, 0.6) is 0 Å². The highest BCUT2D eigenvalue weighted by atomic mass is 16.2. The lowest BCUT2D eigenvalue weighted by molar-refractivity contribution is 0.0930. The number of nitrogens with zero attached hydrogens (tertiary/aromatic N) is 2. The molecule has 1 aliphatic heterocycles. The van der Waals surface area contributed by atoms with Gasteiger partial charge in [-0.3, -0.25) is 14.2 Å². The lowest BCUT2D eigenvalue weighted by atomic mass is 10.2. The molecular weight excluding hydrogens is 230 g/mol. The summed E-state index contributed by atoms with van der Waals surface area (Å²) in [5, 5.41) is 1.86. The average Bonchev–Trinajstić information content (AvgIpc) is 2.90. The lowest BCUT2D eigenvalue weighted by Crippen LogP contribution is -2.22. The van der Waals surface area contributed by atoms with Crippen LogP contribution in [0.15, 0.2) is 35.3 Å². The topological polar surface area (TPSA) is 67.2 Å². The summed E-state index contributed by atoms with van der Waals surface area (Å²) in [6.07, 6.45) is 1.06. The summed E-state index contributed by atoms with van der Waals surface area (Å²) in [5.41, 5.74) is 1.91. The summed E-state index contributed by atoms with van der Waals surface area (Å²) >= 11 is 0. The second-order valence-corrected chi connectivity index (χ2v) is 4.20. The minimum atomic E-state index is -0.386. The Hall–Kier alpha value is -2.69. The van der Waals surface area contributed by atoms with E-state index in [4.69, 9.17) is 0 Å². The van der Waals surface area contributed by atoms with Gasteiger partial charge in [0.05, 0.1) is 6.21 Å². The number of hydrogen-bond acceptors (Lipinski definition) is 2. The minimum absolute atomic E-state index is 0.300. The second kappa shape index (κ2) is 2.95. The Morgan fingerprint density at radius 1 is 1.11 bits per heavy atom. The summed E-state index contributed by atoms with van der Waals surface area (Å²) < 4.78 is 1.38. The molecule has 2 aromatic heterocycles. The summed E-state index contributed by atoms with van der Waals surface area (Å²) in [5.74, 6) is -0.686. The molecule has 0 saturated carbocycles. The highest BCUT2D eigenvalue weighted by Crippen LogP contribution is 2.29. The Bertz CT molecular complexity index is 867. The Balaban J connectivity index is 2.22. The van der Waals surface area contributed by atoms with Gasteiger partial charge in [0, 0.05) is 16.3 Å². The van der Waals surface area contributed by atoms with Crippen LogP contribution in [0.2, 0.25) is 0 Å². The number of fused-ring (bicyclic) bond motifs is 5. The van der Waals surface area contributed by atoms with E-state index >= 15 is 0 Å². The normalized spacial score (nSPS) is 14.7. The van der Waals surface area contributed by atoms with Gasteiger partial charge in [0.1, 0.15) is 11.3 Å². The predicted octanol–water partition coefficient (Wildman–Crippen LogP) is 1.99. The number of carbonyl (C=O) groups excluding carboxylic acids is 2. The molecule has 0 unspecified atom stereocenters. The molecule has 86 valence electrons. The summed E-state index contributed by atoms with van der Waals surface area (Å²) in [7, 11) is 0. The van der Waals surface area contributed by atoms with E-state index in [9.17, 15) is 9.59 Å². The van der Waals surface area contributed by atoms with Crippen molar-refractivity contribution >= 4 is 40.0 Å². The van der Waals surface area contributed by atoms with Crippen molar-refractivity contribution in [1.82, 2.24) is 9.55 Å². The van der Waals surface area contributed by atoms with Gasteiger partial charge in [0.2, 0.25) is 0 Å². The zero-order chi connectivity index (χ0) is 12.3. The number of hydrogen-bond donors (Lipinski definition) is 1. The fraction of sp³-hybridized carbons (Fsp3) is 0. The van der Waals surface area contributed by atoms with Gasteiger partial charge in [-0.1, -0.05) is 18.2 Å². The maximum atomic E-state index is 11.8. The maximum Gasteiger partial charge on any atom is 0.294 e. The smallest absolute Gasteiger partial charge is 0.294 e. The van der Waals surface area contributed by atoms with Gasteiger partial charge >= 0.3 is 0 Å². The largest absolute Gasteiger partial charge is 0.340 e. The van der Waals surface area contributed by atoms with Gasteiger partial charge < -0.3 is 4.98 Å². The zero-order valence-corrected chi connectivity index (χ0v) is 9.18. The molecule has 18 heavy (non-hydrogen) atoms. The molecule has 0 aliphatic carbocycles. The number of carbonyl (C=O) groups is 2. The first-order valence-electron chi connectivity index (χ1n) is 5.50. The summed E-state index contributed by atoms with van der Waals surface area (Å²) in [6.45, 7) is 0. The molecule has 0 bridgehead atoms. The molecule has 1 N–H and O–H groups in total. The molecule has 1 aliphatic rings. The number of amides is 1. The molecule has 5 nitrogen and oxygen atoms in total. The molecule has 5 heteroatoms. The van der Waals surface area contributed by atoms with E-state index in [1.54, 1.807) is 6.07 Å². The Morgan fingerprint density at radius 2 is 1.94 bits per heavy atom. The van der Waals surface area contributed by atoms with Gasteiger partial charge in [-0.05, 0) is 12.1 Å². The van der Waals surface area contributed by atoms with E-state index in [2.05, 4.69) is 9.98 Å². The van der Waals surface area contributed by atoms with Gasteiger partial charge in [0.15, 0.2) is 0 Å². The van der Waals surface area contributed by atoms with E-state index in [0.29, 0.717) is 11.3 Å². The molecule has 0 atom stereocenters.